The lowest BCUT2D eigenvalue weighted by Gasteiger charge is -2.18. The molecule has 21 heavy (non-hydrogen) atoms. The number of carbonyl (C=O) groups is 1. The number of hydrogen-bond donors (Lipinski definition) is 3. The van der Waals surface area contributed by atoms with Crippen LogP contribution >= 0.6 is 0 Å². The minimum Gasteiger partial charge on any atom is -0.508 e. The van der Waals surface area contributed by atoms with Gasteiger partial charge in [-0.2, -0.15) is 0 Å². The quantitative estimate of drug-likeness (QED) is 0.811. The molecule has 0 aliphatic carbocycles. The molecule has 0 radical (unpaired) electrons. The normalized spacial score (nSPS) is 13.1. The number of carbonyl (C=O) groups excluding carboxylic acids is 1. The molecule has 4 nitrogen and oxygen atoms in total. The molecule has 1 aliphatic heterocycles. The van der Waals surface area contributed by atoms with E-state index < -0.39 is 0 Å². The van der Waals surface area contributed by atoms with Crippen molar-refractivity contribution in [1.82, 2.24) is 0 Å². The van der Waals surface area contributed by atoms with Crippen molar-refractivity contribution in [2.24, 2.45) is 0 Å². The molecule has 108 valence electrons. The molecule has 0 fully saturated rings. The molecule has 0 saturated heterocycles. The number of amides is 1. The summed E-state index contributed by atoms with van der Waals surface area (Å²) < 4.78 is 0. The third kappa shape index (κ3) is 3.34. The van der Waals surface area contributed by atoms with E-state index in [0.29, 0.717) is 6.42 Å². The number of aryl methyl sites for hydroxylation is 1. The Morgan fingerprint density at radius 2 is 2.00 bits per heavy atom. The van der Waals surface area contributed by atoms with Gasteiger partial charge in [-0.1, -0.05) is 18.2 Å². The lowest BCUT2D eigenvalue weighted by atomic mass is 10.0. The Balaban J connectivity index is 1.65. The summed E-state index contributed by atoms with van der Waals surface area (Å²) in [6.45, 7) is 0.984. The van der Waals surface area contributed by atoms with Gasteiger partial charge < -0.3 is 15.7 Å². The molecule has 0 bridgehead atoms. The lowest BCUT2D eigenvalue weighted by molar-refractivity contribution is -0.115. The van der Waals surface area contributed by atoms with Crippen LogP contribution < -0.4 is 10.6 Å². The number of aromatic hydroxyl groups is 1. The molecule has 3 rings (SSSR count). The number of hydrogen-bond acceptors (Lipinski definition) is 3. The topological polar surface area (TPSA) is 61.4 Å². The third-order valence-electron chi connectivity index (χ3n) is 3.63. The molecule has 2 aromatic rings. The number of phenolic OH excluding ortho intramolecular Hbond substituents is 1. The Labute approximate surface area is 123 Å². The summed E-state index contributed by atoms with van der Waals surface area (Å²) in [5.74, 6) is 0.149. The van der Waals surface area contributed by atoms with Gasteiger partial charge in [-0.3, -0.25) is 4.79 Å². The van der Waals surface area contributed by atoms with Crippen LogP contribution in [0.3, 0.4) is 0 Å². The lowest BCUT2D eigenvalue weighted by Crippen LogP contribution is -2.16. The van der Waals surface area contributed by atoms with Gasteiger partial charge in [0.25, 0.3) is 0 Å². The summed E-state index contributed by atoms with van der Waals surface area (Å²) >= 11 is 0. The minimum atomic E-state index is -0.0588. The van der Waals surface area contributed by atoms with E-state index in [1.54, 1.807) is 24.3 Å². The molecule has 1 aliphatic rings. The predicted molar refractivity (Wildman–Crippen MR) is 83.7 cm³/mol. The van der Waals surface area contributed by atoms with E-state index in [-0.39, 0.29) is 11.7 Å². The van der Waals surface area contributed by atoms with Crippen molar-refractivity contribution in [2.45, 2.75) is 19.3 Å². The van der Waals surface area contributed by atoms with Crippen molar-refractivity contribution in [2.75, 3.05) is 17.2 Å². The number of fused-ring (bicyclic) bond motifs is 1. The van der Waals surface area contributed by atoms with Crippen molar-refractivity contribution in [3.63, 3.8) is 0 Å². The van der Waals surface area contributed by atoms with Gasteiger partial charge in [0, 0.05) is 17.9 Å². The van der Waals surface area contributed by atoms with Crippen LogP contribution in [0.5, 0.6) is 5.75 Å². The summed E-state index contributed by atoms with van der Waals surface area (Å²) in [4.78, 5) is 12.0. The minimum absolute atomic E-state index is 0.0588. The molecular weight excluding hydrogens is 264 g/mol. The highest BCUT2D eigenvalue weighted by atomic mass is 16.3. The van der Waals surface area contributed by atoms with E-state index in [0.717, 1.165) is 36.3 Å². The second kappa shape index (κ2) is 5.87. The Morgan fingerprint density at radius 3 is 2.81 bits per heavy atom. The zero-order valence-corrected chi connectivity index (χ0v) is 11.7. The Bertz CT molecular complexity index is 650. The molecule has 0 unspecified atom stereocenters. The summed E-state index contributed by atoms with van der Waals surface area (Å²) in [5.41, 5.74) is 4.11. The van der Waals surface area contributed by atoms with Gasteiger partial charge in [0.05, 0.1) is 6.42 Å². The van der Waals surface area contributed by atoms with E-state index in [9.17, 15) is 9.90 Å². The van der Waals surface area contributed by atoms with Crippen molar-refractivity contribution in [3.05, 3.63) is 53.6 Å². The first kappa shape index (κ1) is 13.5. The van der Waals surface area contributed by atoms with Crippen LogP contribution in [-0.4, -0.2) is 17.6 Å². The molecule has 2 aromatic carbocycles. The SMILES string of the molecule is O=C(Cc1ccc(O)cc1)Nc1ccc2c(c1)NCCC2. The molecule has 0 saturated carbocycles. The van der Waals surface area contributed by atoms with E-state index in [1.807, 2.05) is 12.1 Å². The monoisotopic (exact) mass is 282 g/mol. The van der Waals surface area contributed by atoms with E-state index in [4.69, 9.17) is 0 Å². The molecule has 3 N–H and O–H groups in total. The van der Waals surface area contributed by atoms with Gasteiger partial charge in [-0.15, -0.1) is 0 Å². The standard InChI is InChI=1S/C17H18N2O2/c20-15-7-3-12(4-8-15)10-17(21)19-14-6-5-13-2-1-9-18-16(13)11-14/h3-8,11,18,20H,1-2,9-10H2,(H,19,21). The van der Waals surface area contributed by atoms with Crippen LogP contribution in [0.2, 0.25) is 0 Å². The average Bonchev–Trinajstić information content (AvgIpc) is 2.49. The maximum Gasteiger partial charge on any atom is 0.228 e. The first-order valence-electron chi connectivity index (χ1n) is 7.15. The molecule has 0 spiro atoms. The average molecular weight is 282 g/mol. The Hall–Kier alpha value is -2.49. The van der Waals surface area contributed by atoms with Crippen LogP contribution in [0.1, 0.15) is 17.5 Å². The van der Waals surface area contributed by atoms with Gasteiger partial charge in [0.15, 0.2) is 0 Å². The van der Waals surface area contributed by atoms with Crippen LogP contribution in [0, 0.1) is 0 Å². The second-order valence-electron chi connectivity index (χ2n) is 5.29. The van der Waals surface area contributed by atoms with Crippen LogP contribution in [0.25, 0.3) is 0 Å². The van der Waals surface area contributed by atoms with Crippen LogP contribution in [-0.2, 0) is 17.6 Å². The summed E-state index contributed by atoms with van der Waals surface area (Å²) in [7, 11) is 0. The fourth-order valence-electron chi connectivity index (χ4n) is 2.54. The predicted octanol–water partition coefficient (Wildman–Crippen LogP) is 2.93. The highest BCUT2D eigenvalue weighted by Crippen LogP contribution is 2.25. The summed E-state index contributed by atoms with van der Waals surface area (Å²) in [6.07, 6.45) is 2.54. The molecule has 1 amide bonds. The van der Waals surface area contributed by atoms with Crippen LogP contribution in [0.15, 0.2) is 42.5 Å². The number of nitrogens with one attached hydrogen (secondary N) is 2. The van der Waals surface area contributed by atoms with Gasteiger partial charge in [-0.05, 0) is 48.2 Å². The van der Waals surface area contributed by atoms with Crippen molar-refractivity contribution in [3.8, 4) is 5.75 Å². The zero-order valence-electron chi connectivity index (χ0n) is 11.7. The maximum atomic E-state index is 12.0. The largest absolute Gasteiger partial charge is 0.508 e. The maximum absolute atomic E-state index is 12.0. The summed E-state index contributed by atoms with van der Waals surface area (Å²) in [6, 6.07) is 12.7. The molecule has 0 atom stereocenters. The van der Waals surface area contributed by atoms with Gasteiger partial charge in [0.1, 0.15) is 5.75 Å². The van der Waals surface area contributed by atoms with E-state index >= 15 is 0 Å². The summed E-state index contributed by atoms with van der Waals surface area (Å²) in [5, 5.41) is 15.5. The fraction of sp³-hybridized carbons (Fsp3) is 0.235. The first-order valence-corrected chi connectivity index (χ1v) is 7.15. The highest BCUT2D eigenvalue weighted by molar-refractivity contribution is 5.92. The Kier molecular flexibility index (Phi) is 3.77. The molecule has 1 heterocycles. The third-order valence-corrected chi connectivity index (χ3v) is 3.63. The van der Waals surface area contributed by atoms with Crippen molar-refractivity contribution < 1.29 is 9.90 Å². The van der Waals surface area contributed by atoms with Gasteiger partial charge in [-0.25, -0.2) is 0 Å². The number of phenols is 1. The van der Waals surface area contributed by atoms with E-state index in [2.05, 4.69) is 16.7 Å². The first-order chi connectivity index (χ1) is 10.2. The molecule has 0 aromatic heterocycles. The number of rotatable bonds is 3. The second-order valence-corrected chi connectivity index (χ2v) is 5.29. The van der Waals surface area contributed by atoms with Gasteiger partial charge in [0.2, 0.25) is 5.91 Å². The van der Waals surface area contributed by atoms with Crippen molar-refractivity contribution in [1.29, 1.82) is 0 Å². The highest BCUT2D eigenvalue weighted by Gasteiger charge is 2.10. The smallest absolute Gasteiger partial charge is 0.228 e. The molecular formula is C17H18N2O2. The number of anilines is 2. The number of benzene rings is 2. The van der Waals surface area contributed by atoms with Gasteiger partial charge >= 0.3 is 0 Å². The zero-order chi connectivity index (χ0) is 14.7. The molecule has 4 heteroatoms. The van der Waals surface area contributed by atoms with Crippen LogP contribution in [0.4, 0.5) is 11.4 Å². The van der Waals surface area contributed by atoms with E-state index in [1.165, 1.54) is 5.56 Å². The fourth-order valence-corrected chi connectivity index (χ4v) is 2.54. The Morgan fingerprint density at radius 1 is 1.19 bits per heavy atom. The van der Waals surface area contributed by atoms with Crippen molar-refractivity contribution >= 4 is 17.3 Å².